The quantitative estimate of drug-likeness (QED) is 0.619. The van der Waals surface area contributed by atoms with Gasteiger partial charge in [0.15, 0.2) is 0 Å². The molecule has 1 rings (SSSR count). The summed E-state index contributed by atoms with van der Waals surface area (Å²) in [6.45, 7) is 8.49. The molecule has 0 amide bonds. The van der Waals surface area contributed by atoms with Gasteiger partial charge in [0.05, 0.1) is 0 Å². The van der Waals surface area contributed by atoms with Crippen LogP contribution in [0.4, 0.5) is 0 Å². The van der Waals surface area contributed by atoms with Crippen molar-refractivity contribution in [2.45, 2.75) is 12.8 Å². The fraction of sp³-hybridized carbons (Fsp3) is 0.333. The summed E-state index contributed by atoms with van der Waals surface area (Å²) in [5.74, 6) is 0. The molecule has 0 fully saturated rings. The first kappa shape index (κ1) is 8.47. The van der Waals surface area contributed by atoms with E-state index in [9.17, 15) is 0 Å². The third-order valence-corrected chi connectivity index (χ3v) is 2.28. The zero-order valence-electron chi connectivity index (χ0n) is 6.58. The van der Waals surface area contributed by atoms with Gasteiger partial charge in [0.1, 0.15) is 0 Å². The van der Waals surface area contributed by atoms with Crippen molar-refractivity contribution < 1.29 is 0 Å². The Labute approximate surface area is 73.6 Å². The minimum Gasteiger partial charge on any atom is -0.319 e. The molecule has 60 valence electrons. The highest BCUT2D eigenvalue weighted by Crippen LogP contribution is 2.24. The first-order valence-electron chi connectivity index (χ1n) is 3.74. The molecular weight excluding hydrogens is 154 g/mol. The van der Waals surface area contributed by atoms with E-state index in [4.69, 9.17) is 0 Å². The maximum atomic E-state index is 4.31. The highest BCUT2D eigenvalue weighted by atomic mass is 32.1. The number of nitrogens with zero attached hydrogens (tertiary/aromatic N) is 1. The molecule has 0 aliphatic carbocycles. The summed E-state index contributed by atoms with van der Waals surface area (Å²) in [5, 5.41) is 0. The maximum absolute atomic E-state index is 4.31. The molecular formula is C9H13NS. The van der Waals surface area contributed by atoms with E-state index < -0.39 is 0 Å². The highest BCUT2D eigenvalue weighted by molar-refractivity contribution is 7.77. The van der Waals surface area contributed by atoms with Crippen molar-refractivity contribution in [2.75, 3.05) is 6.54 Å². The van der Waals surface area contributed by atoms with Crippen LogP contribution in [0.1, 0.15) is 12.8 Å². The lowest BCUT2D eigenvalue weighted by Crippen LogP contribution is -2.18. The average Bonchev–Trinajstić information content (AvgIpc) is 2.04. The van der Waals surface area contributed by atoms with Crippen LogP contribution >= 0.6 is 12.8 Å². The third kappa shape index (κ3) is 1.69. The molecule has 0 aromatic rings. The molecule has 0 atom stereocenters. The molecule has 1 heterocycles. The molecule has 11 heavy (non-hydrogen) atoms. The van der Waals surface area contributed by atoms with Gasteiger partial charge in [0, 0.05) is 12.2 Å². The van der Waals surface area contributed by atoms with E-state index in [1.54, 1.807) is 0 Å². The predicted molar refractivity (Wildman–Crippen MR) is 52.3 cm³/mol. The lowest BCUT2D eigenvalue weighted by molar-refractivity contribution is 0.528. The lowest BCUT2D eigenvalue weighted by atomic mass is 10.0. The molecule has 0 saturated heterocycles. The van der Waals surface area contributed by atoms with E-state index in [0.29, 0.717) is 0 Å². The maximum Gasteiger partial charge on any atom is 0.0493 e. The number of thiol groups is 1. The highest BCUT2D eigenvalue weighted by Gasteiger charge is 2.12. The van der Waals surface area contributed by atoms with E-state index in [1.807, 2.05) is 16.5 Å². The first-order valence-corrected chi connectivity index (χ1v) is 4.14. The summed E-state index contributed by atoms with van der Waals surface area (Å²) in [7, 11) is 0. The van der Waals surface area contributed by atoms with Crippen molar-refractivity contribution in [3.8, 4) is 0 Å². The van der Waals surface area contributed by atoms with Crippen molar-refractivity contribution in [1.29, 1.82) is 0 Å². The molecule has 1 aliphatic rings. The van der Waals surface area contributed by atoms with Crippen LogP contribution < -0.4 is 0 Å². The predicted octanol–water partition coefficient (Wildman–Crippen LogP) is 2.55. The molecule has 1 nitrogen and oxygen atoms in total. The standard InChI is InChI=1S/C9H13NS/c1-3-8-6-5-7-10(11)9(8)4-2/h3-4,11H,1-2,5-7H2. The molecule has 0 saturated carbocycles. The number of hydrogen-bond donors (Lipinski definition) is 1. The van der Waals surface area contributed by atoms with E-state index >= 15 is 0 Å². The van der Waals surface area contributed by atoms with Crippen molar-refractivity contribution in [3.63, 3.8) is 0 Å². The fourth-order valence-corrected chi connectivity index (χ4v) is 1.63. The van der Waals surface area contributed by atoms with Gasteiger partial charge >= 0.3 is 0 Å². The summed E-state index contributed by atoms with van der Waals surface area (Å²) < 4.78 is 1.92. The minimum atomic E-state index is 1.00. The van der Waals surface area contributed by atoms with E-state index in [2.05, 4.69) is 26.0 Å². The zero-order chi connectivity index (χ0) is 8.27. The Bertz CT molecular complexity index is 206. The number of hydrogen-bond acceptors (Lipinski definition) is 2. The Morgan fingerprint density at radius 1 is 1.36 bits per heavy atom. The van der Waals surface area contributed by atoms with Crippen LogP contribution in [0, 0.1) is 0 Å². The SMILES string of the molecule is C=CC1=C(C=C)N(S)CCC1. The van der Waals surface area contributed by atoms with Crippen LogP contribution in [-0.2, 0) is 0 Å². The smallest absolute Gasteiger partial charge is 0.0493 e. The normalized spacial score (nSPS) is 18.5. The summed E-state index contributed by atoms with van der Waals surface area (Å²) in [4.78, 5) is 0. The van der Waals surface area contributed by atoms with Gasteiger partial charge in [-0.25, -0.2) is 0 Å². The molecule has 2 heteroatoms. The second kappa shape index (κ2) is 3.67. The van der Waals surface area contributed by atoms with Gasteiger partial charge in [-0.2, -0.15) is 0 Å². The summed E-state index contributed by atoms with van der Waals surface area (Å²) in [5.41, 5.74) is 2.36. The Balaban J connectivity index is 2.94. The van der Waals surface area contributed by atoms with Crippen LogP contribution in [-0.4, -0.2) is 10.8 Å². The fourth-order valence-electron chi connectivity index (χ4n) is 1.28. The Morgan fingerprint density at radius 3 is 2.55 bits per heavy atom. The van der Waals surface area contributed by atoms with E-state index in [0.717, 1.165) is 25.1 Å². The minimum absolute atomic E-state index is 1.00. The first-order chi connectivity index (χ1) is 5.29. The molecule has 0 spiro atoms. The Kier molecular flexibility index (Phi) is 2.83. The van der Waals surface area contributed by atoms with E-state index in [1.165, 1.54) is 5.57 Å². The summed E-state index contributed by atoms with van der Waals surface area (Å²) in [6, 6.07) is 0. The number of allylic oxidation sites excluding steroid dienone is 3. The largest absolute Gasteiger partial charge is 0.319 e. The summed E-state index contributed by atoms with van der Waals surface area (Å²) in [6.07, 6.45) is 5.98. The van der Waals surface area contributed by atoms with Crippen LogP contribution in [0.25, 0.3) is 0 Å². The summed E-state index contributed by atoms with van der Waals surface area (Å²) >= 11 is 4.31. The van der Waals surface area contributed by atoms with Crippen molar-refractivity contribution >= 4 is 12.8 Å². The molecule has 0 aromatic carbocycles. The average molecular weight is 167 g/mol. The topological polar surface area (TPSA) is 3.24 Å². The third-order valence-electron chi connectivity index (χ3n) is 1.86. The van der Waals surface area contributed by atoms with Crippen molar-refractivity contribution in [1.82, 2.24) is 4.31 Å². The lowest BCUT2D eigenvalue weighted by Gasteiger charge is -2.25. The van der Waals surface area contributed by atoms with Gasteiger partial charge in [-0.3, -0.25) is 0 Å². The number of rotatable bonds is 2. The molecule has 1 aliphatic heterocycles. The molecule has 0 unspecified atom stereocenters. The Morgan fingerprint density at radius 2 is 2.09 bits per heavy atom. The van der Waals surface area contributed by atoms with Crippen LogP contribution in [0.5, 0.6) is 0 Å². The molecule has 0 aromatic heterocycles. The van der Waals surface area contributed by atoms with E-state index in [-0.39, 0.29) is 0 Å². The molecule has 0 N–H and O–H groups in total. The van der Waals surface area contributed by atoms with Gasteiger partial charge in [-0.15, -0.1) is 0 Å². The van der Waals surface area contributed by atoms with Gasteiger partial charge in [0.25, 0.3) is 0 Å². The second-order valence-corrected chi connectivity index (χ2v) is 3.03. The second-order valence-electron chi connectivity index (χ2n) is 2.55. The van der Waals surface area contributed by atoms with Crippen LogP contribution in [0.2, 0.25) is 0 Å². The molecule has 0 radical (unpaired) electrons. The van der Waals surface area contributed by atoms with Gasteiger partial charge < -0.3 is 4.31 Å². The van der Waals surface area contributed by atoms with Gasteiger partial charge in [-0.05, 0) is 24.5 Å². The van der Waals surface area contributed by atoms with Crippen molar-refractivity contribution in [2.24, 2.45) is 0 Å². The molecule has 0 bridgehead atoms. The van der Waals surface area contributed by atoms with Crippen molar-refractivity contribution in [3.05, 3.63) is 36.6 Å². The zero-order valence-corrected chi connectivity index (χ0v) is 7.48. The monoisotopic (exact) mass is 167 g/mol. The van der Waals surface area contributed by atoms with Crippen LogP contribution in [0.15, 0.2) is 36.6 Å². The Hall–Kier alpha value is -0.630. The van der Waals surface area contributed by atoms with Crippen LogP contribution in [0.3, 0.4) is 0 Å². The van der Waals surface area contributed by atoms with Gasteiger partial charge in [0.2, 0.25) is 0 Å². The van der Waals surface area contributed by atoms with Gasteiger partial charge in [-0.1, -0.05) is 32.0 Å².